The van der Waals surface area contributed by atoms with Gasteiger partial charge in [-0.15, -0.1) is 0 Å². The van der Waals surface area contributed by atoms with Crippen molar-refractivity contribution < 1.29 is 27.2 Å². The lowest BCUT2D eigenvalue weighted by atomic mass is 10.0. The summed E-state index contributed by atoms with van der Waals surface area (Å²) in [6, 6.07) is 12.6. The molecule has 1 unspecified atom stereocenters. The summed E-state index contributed by atoms with van der Waals surface area (Å²) in [5.74, 6) is 0.805. The largest absolute Gasteiger partial charge is 1.00 e. The summed E-state index contributed by atoms with van der Waals surface area (Å²) in [5.41, 5.74) is 1.40. The van der Waals surface area contributed by atoms with E-state index < -0.39 is 6.10 Å². The maximum absolute atomic E-state index is 10.5. The minimum atomic E-state index is -0.788. The molecule has 0 fully saturated rings. The number of aliphatic hydroxyl groups excluding tert-OH is 1. The van der Waals surface area contributed by atoms with Gasteiger partial charge in [0.15, 0.2) is 0 Å². The van der Waals surface area contributed by atoms with E-state index in [-0.39, 0.29) is 12.4 Å². The summed E-state index contributed by atoms with van der Waals surface area (Å²) >= 11 is 12.1. The number of aliphatic hydroxyl groups is 1. The molecule has 0 aromatic heterocycles. The predicted octanol–water partition coefficient (Wildman–Crippen LogP) is 0.383. The van der Waals surface area contributed by atoms with Crippen molar-refractivity contribution in [2.45, 2.75) is 20.0 Å². The minimum Gasteiger partial charge on any atom is -1.00 e. The van der Waals surface area contributed by atoms with Crippen molar-refractivity contribution in [2.75, 3.05) is 26.2 Å². The van der Waals surface area contributed by atoms with E-state index in [9.17, 15) is 5.11 Å². The van der Waals surface area contributed by atoms with Crippen LogP contribution in [0.4, 0.5) is 0 Å². The molecule has 25 heavy (non-hydrogen) atoms. The van der Waals surface area contributed by atoms with Crippen LogP contribution in [-0.2, 0) is 0 Å². The highest BCUT2D eigenvalue weighted by atomic mass is 35.5. The fourth-order valence-electron chi connectivity index (χ4n) is 2.57. The molecule has 0 aliphatic heterocycles. The molecule has 0 aliphatic rings. The van der Waals surface area contributed by atoms with Crippen LogP contribution in [0.25, 0.3) is 0 Å². The third-order valence-electron chi connectivity index (χ3n) is 4.18. The van der Waals surface area contributed by atoms with Crippen molar-refractivity contribution in [3.8, 4) is 5.75 Å². The molecule has 0 bridgehead atoms. The zero-order valence-electron chi connectivity index (χ0n) is 14.4. The van der Waals surface area contributed by atoms with Crippen LogP contribution >= 0.6 is 23.2 Å². The molecule has 138 valence electrons. The number of ether oxygens (including phenoxy) is 1. The normalized spacial score (nSPS) is 11.9. The molecule has 0 radical (unpaired) electrons. The lowest BCUT2D eigenvalue weighted by molar-refractivity contribution is -0.896. The molecule has 6 heteroatoms. The van der Waals surface area contributed by atoms with Crippen molar-refractivity contribution in [3.63, 3.8) is 0 Å². The van der Waals surface area contributed by atoms with Crippen LogP contribution in [0.3, 0.4) is 0 Å². The molecule has 0 saturated carbocycles. The van der Waals surface area contributed by atoms with Crippen LogP contribution in [0.5, 0.6) is 5.75 Å². The summed E-state index contributed by atoms with van der Waals surface area (Å²) in [5, 5.41) is 11.5. The summed E-state index contributed by atoms with van der Waals surface area (Å²) < 4.78 is 5.77. The Morgan fingerprint density at radius 2 is 1.68 bits per heavy atom. The fraction of sp³-hybridized carbons (Fsp3) is 0.368. The number of hydrogen-bond donors (Lipinski definition) is 2. The standard InChI is InChI=1S/C19H23Cl2NO2.ClH/c1-3-22(4-2)11-12-24-16-8-5-14(6-9-16)19(23)17-10-7-15(20)13-18(17)21;/h5-10,13,19,23H,3-4,11-12H2,1-2H3;1H. The van der Waals surface area contributed by atoms with Crippen LogP contribution in [-0.4, -0.2) is 31.3 Å². The van der Waals surface area contributed by atoms with Crippen LogP contribution in [0.15, 0.2) is 42.5 Å². The first-order valence-corrected chi connectivity index (χ1v) is 9.00. The average Bonchev–Trinajstić information content (AvgIpc) is 2.59. The van der Waals surface area contributed by atoms with Crippen molar-refractivity contribution in [3.05, 3.63) is 63.6 Å². The van der Waals surface area contributed by atoms with Gasteiger partial charge < -0.3 is 27.2 Å². The van der Waals surface area contributed by atoms with Gasteiger partial charge >= 0.3 is 0 Å². The number of quaternary nitrogens is 1. The molecular weight excluding hydrogens is 381 g/mol. The second-order valence-corrected chi connectivity index (χ2v) is 6.54. The number of nitrogens with one attached hydrogen (secondary N) is 1. The Balaban J connectivity index is 0.00000312. The Bertz CT molecular complexity index is 646. The maximum Gasteiger partial charge on any atom is 0.137 e. The monoisotopic (exact) mass is 403 g/mol. The Labute approximate surface area is 165 Å². The topological polar surface area (TPSA) is 33.9 Å². The smallest absolute Gasteiger partial charge is 0.137 e. The molecule has 3 nitrogen and oxygen atoms in total. The van der Waals surface area contributed by atoms with Crippen molar-refractivity contribution in [2.24, 2.45) is 0 Å². The molecule has 0 heterocycles. The minimum absolute atomic E-state index is 0. The van der Waals surface area contributed by atoms with Gasteiger partial charge in [-0.2, -0.15) is 0 Å². The summed E-state index contributed by atoms with van der Waals surface area (Å²) in [4.78, 5) is 1.51. The van der Waals surface area contributed by atoms with Gasteiger partial charge in [-0.05, 0) is 43.7 Å². The molecule has 1 atom stereocenters. The number of hydrogen-bond acceptors (Lipinski definition) is 2. The van der Waals surface area contributed by atoms with Crippen LogP contribution < -0.4 is 22.0 Å². The van der Waals surface area contributed by atoms with E-state index in [2.05, 4.69) is 13.8 Å². The molecule has 2 N–H and O–H groups in total. The highest BCUT2D eigenvalue weighted by molar-refractivity contribution is 6.35. The first kappa shape index (κ1) is 22.1. The third kappa shape index (κ3) is 6.36. The van der Waals surface area contributed by atoms with Crippen molar-refractivity contribution >= 4 is 23.2 Å². The van der Waals surface area contributed by atoms with E-state index in [0.29, 0.717) is 22.2 Å². The van der Waals surface area contributed by atoms with Gasteiger partial charge in [0.05, 0.1) is 13.1 Å². The molecule has 0 aliphatic carbocycles. The fourth-order valence-corrected chi connectivity index (χ4v) is 3.08. The molecule has 2 aromatic carbocycles. The number of rotatable bonds is 8. The van der Waals surface area contributed by atoms with Crippen LogP contribution in [0, 0.1) is 0 Å². The molecule has 0 amide bonds. The Hall–Kier alpha value is -0.970. The zero-order chi connectivity index (χ0) is 17.5. The van der Waals surface area contributed by atoms with E-state index in [1.165, 1.54) is 4.90 Å². The second-order valence-electron chi connectivity index (χ2n) is 5.69. The van der Waals surface area contributed by atoms with Crippen molar-refractivity contribution in [1.82, 2.24) is 0 Å². The Morgan fingerprint density at radius 3 is 2.24 bits per heavy atom. The molecule has 0 spiro atoms. The van der Waals surface area contributed by atoms with Crippen LogP contribution in [0.2, 0.25) is 10.0 Å². The van der Waals surface area contributed by atoms with E-state index in [1.807, 2.05) is 24.3 Å². The van der Waals surface area contributed by atoms with E-state index in [4.69, 9.17) is 27.9 Å². The number of halogens is 3. The Kier molecular flexibility index (Phi) is 9.62. The Morgan fingerprint density at radius 1 is 1.04 bits per heavy atom. The first-order valence-electron chi connectivity index (χ1n) is 8.24. The zero-order valence-corrected chi connectivity index (χ0v) is 16.7. The molecule has 2 aromatic rings. The lowest BCUT2D eigenvalue weighted by Gasteiger charge is -2.16. The summed E-state index contributed by atoms with van der Waals surface area (Å²) in [6.07, 6.45) is -0.788. The van der Waals surface area contributed by atoms with Gasteiger partial charge in [0.1, 0.15) is 25.0 Å². The van der Waals surface area contributed by atoms with Crippen molar-refractivity contribution in [1.29, 1.82) is 0 Å². The predicted molar refractivity (Wildman–Crippen MR) is 99.4 cm³/mol. The van der Waals surface area contributed by atoms with Gasteiger partial charge in [-0.3, -0.25) is 0 Å². The average molecular weight is 405 g/mol. The molecule has 0 saturated heterocycles. The van der Waals surface area contributed by atoms with Gasteiger partial charge in [0.25, 0.3) is 0 Å². The summed E-state index contributed by atoms with van der Waals surface area (Å²) in [6.45, 7) is 8.23. The van der Waals surface area contributed by atoms with Gasteiger partial charge in [0, 0.05) is 15.6 Å². The van der Waals surface area contributed by atoms with E-state index in [0.717, 1.165) is 30.9 Å². The lowest BCUT2D eigenvalue weighted by Crippen LogP contribution is -3.12. The number of likely N-dealkylation sites (N-methyl/N-ethyl adjacent to an activating group) is 1. The SMILES string of the molecule is CC[NH+](CC)CCOc1ccc(C(O)c2ccc(Cl)cc2Cl)cc1.[Cl-]. The second kappa shape index (κ2) is 10.9. The third-order valence-corrected chi connectivity index (χ3v) is 4.74. The van der Waals surface area contributed by atoms with Gasteiger partial charge in [0.2, 0.25) is 0 Å². The molecular formula is C19H24Cl3NO2. The summed E-state index contributed by atoms with van der Waals surface area (Å²) in [7, 11) is 0. The van der Waals surface area contributed by atoms with Crippen LogP contribution in [0.1, 0.15) is 31.1 Å². The highest BCUT2D eigenvalue weighted by Gasteiger charge is 2.14. The highest BCUT2D eigenvalue weighted by Crippen LogP contribution is 2.31. The van der Waals surface area contributed by atoms with Gasteiger partial charge in [-0.25, -0.2) is 0 Å². The van der Waals surface area contributed by atoms with E-state index >= 15 is 0 Å². The maximum atomic E-state index is 10.5. The number of benzene rings is 2. The quantitative estimate of drug-likeness (QED) is 0.667. The van der Waals surface area contributed by atoms with E-state index in [1.54, 1.807) is 18.2 Å². The van der Waals surface area contributed by atoms with Gasteiger partial charge in [-0.1, -0.05) is 41.4 Å². The first-order chi connectivity index (χ1) is 11.5. The molecule has 2 rings (SSSR count).